The molecule has 0 saturated carbocycles. The molecule has 1 aromatic rings. The van der Waals surface area contributed by atoms with Crippen LogP contribution in [0.15, 0.2) is 22.7 Å². The van der Waals surface area contributed by atoms with Crippen molar-refractivity contribution in [1.82, 2.24) is 5.32 Å². The minimum Gasteiger partial charge on any atom is -0.481 e. The van der Waals surface area contributed by atoms with Crippen LogP contribution in [0.5, 0.6) is 5.75 Å². The van der Waals surface area contributed by atoms with Gasteiger partial charge in [0.1, 0.15) is 11.6 Å². The van der Waals surface area contributed by atoms with Gasteiger partial charge in [0.2, 0.25) is 0 Å². The number of hydrogen-bond acceptors (Lipinski definition) is 3. The second kappa shape index (κ2) is 5.62. The zero-order chi connectivity index (χ0) is 13.0. The van der Waals surface area contributed by atoms with Crippen molar-refractivity contribution < 1.29 is 18.7 Å². The molecule has 3 N–H and O–H groups in total. The molecular formula is C10H10BrFN2O3. The predicted molar refractivity (Wildman–Crippen MR) is 61.9 cm³/mol. The number of benzene rings is 1. The van der Waals surface area contributed by atoms with E-state index in [0.717, 1.165) is 0 Å². The third-order valence-electron chi connectivity index (χ3n) is 1.82. The van der Waals surface area contributed by atoms with E-state index in [1.165, 1.54) is 25.1 Å². The Kier molecular flexibility index (Phi) is 4.45. The molecule has 0 aliphatic carbocycles. The first-order valence-corrected chi connectivity index (χ1v) is 5.41. The molecule has 0 radical (unpaired) electrons. The monoisotopic (exact) mass is 304 g/mol. The van der Waals surface area contributed by atoms with Gasteiger partial charge in [-0.05, 0) is 41.1 Å². The molecule has 17 heavy (non-hydrogen) atoms. The molecule has 1 unspecified atom stereocenters. The summed E-state index contributed by atoms with van der Waals surface area (Å²) in [7, 11) is 0. The van der Waals surface area contributed by atoms with Crippen LogP contribution in [0.1, 0.15) is 6.92 Å². The van der Waals surface area contributed by atoms with Gasteiger partial charge in [0, 0.05) is 0 Å². The van der Waals surface area contributed by atoms with Crippen molar-refractivity contribution in [1.29, 1.82) is 0 Å². The molecule has 0 aliphatic heterocycles. The van der Waals surface area contributed by atoms with Gasteiger partial charge in [-0.25, -0.2) is 9.18 Å². The van der Waals surface area contributed by atoms with Gasteiger partial charge in [-0.3, -0.25) is 10.1 Å². The van der Waals surface area contributed by atoms with E-state index in [4.69, 9.17) is 10.5 Å². The quantitative estimate of drug-likeness (QED) is 0.889. The molecule has 7 heteroatoms. The van der Waals surface area contributed by atoms with Gasteiger partial charge in [-0.2, -0.15) is 0 Å². The first kappa shape index (κ1) is 13.4. The molecule has 0 aliphatic rings. The maximum absolute atomic E-state index is 12.9. The van der Waals surface area contributed by atoms with Crippen molar-refractivity contribution >= 4 is 27.9 Å². The average molecular weight is 305 g/mol. The molecule has 0 saturated heterocycles. The van der Waals surface area contributed by atoms with Crippen LogP contribution in [0.3, 0.4) is 0 Å². The Labute approximate surface area is 105 Å². The minimum atomic E-state index is -0.953. The normalized spacial score (nSPS) is 11.7. The van der Waals surface area contributed by atoms with Crippen molar-refractivity contribution in [3.8, 4) is 5.75 Å². The van der Waals surface area contributed by atoms with Gasteiger partial charge < -0.3 is 10.5 Å². The fourth-order valence-electron chi connectivity index (χ4n) is 1.03. The molecule has 1 aromatic carbocycles. The SMILES string of the molecule is CC(Oc1ccc(F)c(Br)c1)C(=O)NC(N)=O. The molecule has 92 valence electrons. The fourth-order valence-corrected chi connectivity index (χ4v) is 1.39. The summed E-state index contributed by atoms with van der Waals surface area (Å²) in [6.45, 7) is 1.44. The molecule has 1 atom stereocenters. The van der Waals surface area contributed by atoms with Crippen LogP contribution >= 0.6 is 15.9 Å². The summed E-state index contributed by atoms with van der Waals surface area (Å²) in [6, 6.07) is 2.99. The minimum absolute atomic E-state index is 0.220. The van der Waals surface area contributed by atoms with Gasteiger partial charge in [0.15, 0.2) is 6.10 Å². The number of urea groups is 1. The average Bonchev–Trinajstić information content (AvgIpc) is 2.22. The third-order valence-corrected chi connectivity index (χ3v) is 2.43. The van der Waals surface area contributed by atoms with Crippen LogP contribution < -0.4 is 15.8 Å². The van der Waals surface area contributed by atoms with Gasteiger partial charge in [0.25, 0.3) is 5.91 Å². The van der Waals surface area contributed by atoms with Crippen molar-refractivity contribution in [2.24, 2.45) is 5.73 Å². The molecular weight excluding hydrogens is 295 g/mol. The highest BCUT2D eigenvalue weighted by Gasteiger charge is 2.16. The van der Waals surface area contributed by atoms with Crippen LogP contribution in [0, 0.1) is 5.82 Å². The number of imide groups is 1. The number of carbonyl (C=O) groups excluding carboxylic acids is 2. The lowest BCUT2D eigenvalue weighted by Crippen LogP contribution is -2.42. The number of carbonyl (C=O) groups is 2. The third kappa shape index (κ3) is 4.03. The predicted octanol–water partition coefficient (Wildman–Crippen LogP) is 1.55. The summed E-state index contributed by atoms with van der Waals surface area (Å²) in [6.07, 6.45) is -0.917. The van der Waals surface area contributed by atoms with Crippen LogP contribution in [-0.4, -0.2) is 18.0 Å². The van der Waals surface area contributed by atoms with Crippen LogP contribution in [0.2, 0.25) is 0 Å². The van der Waals surface area contributed by atoms with Crippen LogP contribution in [0.25, 0.3) is 0 Å². The molecule has 0 heterocycles. The summed E-state index contributed by atoms with van der Waals surface area (Å²) in [4.78, 5) is 21.7. The molecule has 1 rings (SSSR count). The number of nitrogens with two attached hydrogens (primary N) is 1. The lowest BCUT2D eigenvalue weighted by Gasteiger charge is -2.13. The Morgan fingerprint density at radius 3 is 2.71 bits per heavy atom. The van der Waals surface area contributed by atoms with E-state index in [1.807, 2.05) is 5.32 Å². The van der Waals surface area contributed by atoms with Gasteiger partial charge >= 0.3 is 6.03 Å². The summed E-state index contributed by atoms with van der Waals surface area (Å²) in [5.74, 6) is -0.810. The fraction of sp³-hybridized carbons (Fsp3) is 0.200. The number of amides is 3. The summed E-state index contributed by atoms with van der Waals surface area (Å²) in [5.41, 5.74) is 4.79. The Hall–Kier alpha value is -1.63. The van der Waals surface area contributed by atoms with Crippen molar-refractivity contribution in [3.63, 3.8) is 0 Å². The van der Waals surface area contributed by atoms with Gasteiger partial charge in [-0.1, -0.05) is 0 Å². The Morgan fingerprint density at radius 1 is 1.53 bits per heavy atom. The largest absolute Gasteiger partial charge is 0.481 e. The molecule has 3 amide bonds. The molecule has 0 spiro atoms. The first-order valence-electron chi connectivity index (χ1n) is 4.62. The lowest BCUT2D eigenvalue weighted by atomic mass is 10.3. The van der Waals surface area contributed by atoms with Crippen molar-refractivity contribution in [2.45, 2.75) is 13.0 Å². The maximum Gasteiger partial charge on any atom is 0.318 e. The Balaban J connectivity index is 2.67. The van der Waals surface area contributed by atoms with Crippen molar-refractivity contribution in [2.75, 3.05) is 0 Å². The van der Waals surface area contributed by atoms with E-state index in [1.54, 1.807) is 0 Å². The standard InChI is InChI=1S/C10H10BrFN2O3/c1-5(9(15)14-10(13)16)17-6-2-3-8(12)7(11)4-6/h2-5H,1H3,(H3,13,14,15,16). The number of ether oxygens (including phenoxy) is 1. The number of nitrogens with one attached hydrogen (secondary N) is 1. The molecule has 0 bridgehead atoms. The molecule has 0 aromatic heterocycles. The highest BCUT2D eigenvalue weighted by Crippen LogP contribution is 2.22. The van der Waals surface area contributed by atoms with Crippen LogP contribution in [0.4, 0.5) is 9.18 Å². The van der Waals surface area contributed by atoms with E-state index < -0.39 is 23.9 Å². The number of hydrogen-bond donors (Lipinski definition) is 2. The zero-order valence-corrected chi connectivity index (χ0v) is 10.5. The lowest BCUT2D eigenvalue weighted by molar-refractivity contribution is -0.126. The van der Waals surface area contributed by atoms with Crippen molar-refractivity contribution in [3.05, 3.63) is 28.5 Å². The van der Waals surface area contributed by atoms with E-state index in [9.17, 15) is 14.0 Å². The second-order valence-corrected chi connectivity index (χ2v) is 4.04. The number of halogens is 2. The Morgan fingerprint density at radius 2 is 2.18 bits per heavy atom. The number of rotatable bonds is 3. The Bertz CT molecular complexity index is 453. The molecule has 0 fully saturated rings. The van der Waals surface area contributed by atoms with E-state index in [2.05, 4.69) is 15.9 Å². The second-order valence-electron chi connectivity index (χ2n) is 3.19. The maximum atomic E-state index is 12.9. The van der Waals surface area contributed by atoms with E-state index >= 15 is 0 Å². The molecule has 5 nitrogen and oxygen atoms in total. The first-order chi connectivity index (χ1) is 7.90. The van der Waals surface area contributed by atoms with E-state index in [0.29, 0.717) is 5.75 Å². The number of primary amides is 1. The summed E-state index contributed by atoms with van der Waals surface area (Å²) < 4.78 is 18.3. The zero-order valence-electron chi connectivity index (χ0n) is 8.87. The highest BCUT2D eigenvalue weighted by atomic mass is 79.9. The smallest absolute Gasteiger partial charge is 0.318 e. The topological polar surface area (TPSA) is 81.4 Å². The summed E-state index contributed by atoms with van der Waals surface area (Å²) in [5, 5.41) is 1.88. The summed E-state index contributed by atoms with van der Waals surface area (Å²) >= 11 is 2.98. The van der Waals surface area contributed by atoms with E-state index in [-0.39, 0.29) is 4.47 Å². The van der Waals surface area contributed by atoms with Gasteiger partial charge in [-0.15, -0.1) is 0 Å². The van der Waals surface area contributed by atoms with Gasteiger partial charge in [0.05, 0.1) is 4.47 Å². The van der Waals surface area contributed by atoms with Crippen LogP contribution in [-0.2, 0) is 4.79 Å². The highest BCUT2D eigenvalue weighted by molar-refractivity contribution is 9.10.